The van der Waals surface area contributed by atoms with Crippen molar-refractivity contribution in [1.82, 2.24) is 39.0 Å². The second-order valence-corrected chi connectivity index (χ2v) is 16.6. The van der Waals surface area contributed by atoms with Crippen molar-refractivity contribution in [3.63, 3.8) is 0 Å². The van der Waals surface area contributed by atoms with Crippen molar-refractivity contribution in [2.75, 3.05) is 31.8 Å². The van der Waals surface area contributed by atoms with Gasteiger partial charge in [0.2, 0.25) is 13.2 Å². The Bertz CT molecular complexity index is 1890. The lowest BCUT2D eigenvalue weighted by molar-refractivity contribution is -0.107. The quantitative estimate of drug-likeness (QED) is 0.0943. The van der Waals surface area contributed by atoms with E-state index in [0.717, 1.165) is 0 Å². The molecule has 2 aliphatic rings. The summed E-state index contributed by atoms with van der Waals surface area (Å²) in [4.78, 5) is 35.7. The fourth-order valence-electron chi connectivity index (χ4n) is 5.88. The standard InChI is InChI=1S/C23H32N10O9P2S2/c1-23(15(42-43(36)45)14(38-2)21(41-23)32-8-28-12-16(24)26-7-27-17(12)32)6-39-44(37,46)11-5-10(3-4-34)40-20(11)33-9-29-13-18(33)30-22(25)31-19(13)35/h7-11,14-15,20-21,34,43H,3-6H2,1-2H3,(H,36,45)(H,37,46)(H2,24,26,27)(H3,25,30,31,35)/t10-,11-,14-,15+,20-,21-,23?,44?/m1/s1. The molecule has 4 aromatic heterocycles. The molecule has 0 saturated carbocycles. The van der Waals surface area contributed by atoms with E-state index in [2.05, 4.69) is 54.4 Å². The summed E-state index contributed by atoms with van der Waals surface area (Å²) in [5.74, 6) is 0.0148. The zero-order valence-corrected chi connectivity index (χ0v) is 28.0. The van der Waals surface area contributed by atoms with E-state index in [9.17, 15) is 19.0 Å². The van der Waals surface area contributed by atoms with Gasteiger partial charge in [-0.05, 0) is 19.8 Å². The van der Waals surface area contributed by atoms with E-state index in [1.54, 1.807) is 11.5 Å². The van der Waals surface area contributed by atoms with Crippen molar-refractivity contribution < 1.29 is 37.5 Å². The maximum Gasteiger partial charge on any atom is 0.280 e. The van der Waals surface area contributed by atoms with Gasteiger partial charge in [0.1, 0.15) is 35.9 Å². The number of hydrogen-bond donors (Lipinski definition) is 6. The van der Waals surface area contributed by atoms with Crippen LogP contribution in [0.2, 0.25) is 0 Å². The number of nitrogens with one attached hydrogen (secondary N) is 1. The van der Waals surface area contributed by atoms with E-state index >= 15 is 0 Å². The highest BCUT2D eigenvalue weighted by molar-refractivity contribution is 8.46. The minimum Gasteiger partial charge on any atom is -0.396 e. The molecule has 2 saturated heterocycles. The topological polar surface area (TPSA) is 260 Å². The molecule has 0 aromatic carbocycles. The number of methoxy groups -OCH3 is 1. The number of rotatable bonds is 11. The summed E-state index contributed by atoms with van der Waals surface area (Å²) in [5.41, 5.74) is 9.66. The Morgan fingerprint density at radius 2 is 1.91 bits per heavy atom. The minimum absolute atomic E-state index is 0.00149. The highest BCUT2D eigenvalue weighted by Crippen LogP contribution is 2.64. The third-order valence-electron chi connectivity index (χ3n) is 8.03. The van der Waals surface area contributed by atoms with Gasteiger partial charge in [-0.3, -0.25) is 28.0 Å². The van der Waals surface area contributed by atoms with Crippen molar-refractivity contribution in [2.45, 2.75) is 61.8 Å². The molecule has 9 atom stereocenters. The van der Waals surface area contributed by atoms with Crippen LogP contribution in [0.5, 0.6) is 0 Å². The van der Waals surface area contributed by atoms with Crippen molar-refractivity contribution in [1.29, 1.82) is 0 Å². The zero-order chi connectivity index (χ0) is 33.0. The molecule has 2 aliphatic heterocycles. The molecule has 4 aromatic rings. The zero-order valence-electron chi connectivity index (χ0n) is 24.4. The summed E-state index contributed by atoms with van der Waals surface area (Å²) in [5, 5.41) is 9.61. The monoisotopic (exact) mass is 718 g/mol. The van der Waals surface area contributed by atoms with Crippen molar-refractivity contribution in [3.05, 3.63) is 29.3 Å². The normalized spacial score (nSPS) is 30.3. The van der Waals surface area contributed by atoms with Gasteiger partial charge in [-0.2, -0.15) is 4.98 Å². The van der Waals surface area contributed by atoms with Gasteiger partial charge in [0.15, 0.2) is 28.9 Å². The number of anilines is 2. The first-order valence-corrected chi connectivity index (χ1v) is 19.3. The summed E-state index contributed by atoms with van der Waals surface area (Å²) in [7, 11) is -1.42. The molecule has 6 N–H and O–H groups in total. The summed E-state index contributed by atoms with van der Waals surface area (Å²) in [6.45, 7) is -2.87. The highest BCUT2D eigenvalue weighted by atomic mass is 32.7. The molecule has 3 unspecified atom stereocenters. The number of nitrogens with two attached hydrogens (primary N) is 2. The van der Waals surface area contributed by atoms with Crippen LogP contribution in [-0.2, 0) is 32.4 Å². The number of aliphatic hydroxyl groups is 1. The van der Waals surface area contributed by atoms with Crippen LogP contribution in [0.3, 0.4) is 0 Å². The number of imidazole rings is 2. The molecule has 0 spiro atoms. The lowest BCUT2D eigenvalue weighted by atomic mass is 9.98. The van der Waals surface area contributed by atoms with E-state index in [1.165, 1.54) is 30.7 Å². The molecule has 6 rings (SSSR count). The largest absolute Gasteiger partial charge is 0.396 e. The molecule has 0 bridgehead atoms. The molecule has 0 radical (unpaired) electrons. The van der Waals surface area contributed by atoms with Crippen molar-refractivity contribution in [3.8, 4) is 0 Å². The van der Waals surface area contributed by atoms with Gasteiger partial charge < -0.3 is 39.8 Å². The lowest BCUT2D eigenvalue weighted by Gasteiger charge is -2.32. The number of aromatic nitrogens is 8. The van der Waals surface area contributed by atoms with Crippen LogP contribution in [0.25, 0.3) is 22.3 Å². The van der Waals surface area contributed by atoms with E-state index < -0.39 is 61.4 Å². The number of thiol groups is 2. The second-order valence-electron chi connectivity index (χ2n) is 11.0. The number of nitrogen functional groups attached to an aromatic ring is 2. The van der Waals surface area contributed by atoms with Gasteiger partial charge in [0.25, 0.3) is 12.1 Å². The first kappa shape index (κ1) is 33.3. The number of nitrogens with zero attached hydrogens (tertiary/aromatic N) is 7. The molecule has 2 fully saturated rings. The average molecular weight is 719 g/mol. The molecular weight excluding hydrogens is 686 g/mol. The van der Waals surface area contributed by atoms with Crippen LogP contribution in [0.15, 0.2) is 23.8 Å². The van der Waals surface area contributed by atoms with Crippen molar-refractivity contribution in [2.24, 2.45) is 0 Å². The van der Waals surface area contributed by atoms with E-state index in [4.69, 9.17) is 34.7 Å². The Hall–Kier alpha value is -2.58. The van der Waals surface area contributed by atoms with Crippen molar-refractivity contribution >= 4 is 72.4 Å². The van der Waals surface area contributed by atoms with Crippen LogP contribution in [-0.4, -0.2) is 94.0 Å². The van der Waals surface area contributed by atoms with E-state index in [1.807, 2.05) is 0 Å². The molecule has 0 aliphatic carbocycles. The van der Waals surface area contributed by atoms with Gasteiger partial charge in [0, 0.05) is 13.7 Å². The number of aromatic amines is 1. The minimum atomic E-state index is -3.94. The van der Waals surface area contributed by atoms with Gasteiger partial charge >= 0.3 is 0 Å². The molecule has 6 heterocycles. The number of H-pyrrole nitrogens is 1. The van der Waals surface area contributed by atoms with Crippen LogP contribution < -0.4 is 17.0 Å². The van der Waals surface area contributed by atoms with Crippen LogP contribution >= 0.6 is 38.3 Å². The fourth-order valence-corrected chi connectivity index (χ4v) is 9.30. The Morgan fingerprint density at radius 1 is 1.20 bits per heavy atom. The van der Waals surface area contributed by atoms with Gasteiger partial charge in [-0.15, -0.1) is 0 Å². The first-order valence-electron chi connectivity index (χ1n) is 13.9. The second kappa shape index (κ2) is 12.8. The molecule has 23 heteroatoms. The Morgan fingerprint density at radius 3 is 2.61 bits per heavy atom. The average Bonchev–Trinajstić information content (AvgIpc) is 3.77. The summed E-state index contributed by atoms with van der Waals surface area (Å²) in [6.07, 6.45) is 0.0890. The number of ether oxygens (including phenoxy) is 3. The fraction of sp³-hybridized carbons (Fsp3) is 0.565. The molecule has 0 amide bonds. The molecular formula is C23H32N10O9P2S2. The Kier molecular flexibility index (Phi) is 9.27. The maximum atomic E-state index is 14.4. The third kappa shape index (κ3) is 5.98. The van der Waals surface area contributed by atoms with Crippen LogP contribution in [0.4, 0.5) is 11.8 Å². The summed E-state index contributed by atoms with van der Waals surface area (Å²) in [6, 6.07) is 0. The number of fused-ring (bicyclic) bond motifs is 2. The maximum absolute atomic E-state index is 14.4. The molecule has 46 heavy (non-hydrogen) atoms. The van der Waals surface area contributed by atoms with Crippen LogP contribution in [0, 0.1) is 0 Å². The lowest BCUT2D eigenvalue weighted by Crippen LogP contribution is -2.45. The Labute approximate surface area is 271 Å². The third-order valence-corrected chi connectivity index (χ3v) is 11.8. The van der Waals surface area contributed by atoms with E-state index in [-0.39, 0.29) is 49.0 Å². The smallest absolute Gasteiger partial charge is 0.280 e. The highest BCUT2D eigenvalue weighted by Gasteiger charge is 2.57. The summed E-state index contributed by atoms with van der Waals surface area (Å²) < 4.78 is 59.9. The number of hydrogen-bond acceptors (Lipinski definition) is 16. The SMILES string of the molecule is CO[C@H]1[C@H](n2cnc3c(N)ncnc32)OC(C)(COP(=O)(S)[C@@H]2C[C@@H](CCO)O[C@H]2n2cnc3c(=O)[nH]c(N)nc32)[C@H]1O[PH](=O)S. The predicted molar refractivity (Wildman–Crippen MR) is 171 cm³/mol. The Balaban J connectivity index is 1.31. The van der Waals surface area contributed by atoms with Crippen LogP contribution in [0.1, 0.15) is 32.2 Å². The van der Waals surface area contributed by atoms with E-state index in [0.29, 0.717) is 11.2 Å². The molecule has 19 nitrogen and oxygen atoms in total. The van der Waals surface area contributed by atoms with Gasteiger partial charge in [-0.25, -0.2) is 19.9 Å². The van der Waals surface area contributed by atoms with Gasteiger partial charge in [0.05, 0.1) is 31.0 Å². The molecule has 250 valence electrons. The number of aliphatic hydroxyl groups excluding tert-OH is 1. The first-order chi connectivity index (χ1) is 21.9. The summed E-state index contributed by atoms with van der Waals surface area (Å²) >= 11 is 8.50. The predicted octanol–water partition coefficient (Wildman–Crippen LogP) is 1.31. The van der Waals surface area contributed by atoms with Gasteiger partial charge in [-0.1, -0.05) is 24.5 Å².